The van der Waals surface area contributed by atoms with Crippen LogP contribution in [0.15, 0.2) is 48.9 Å². The smallest absolute Gasteiger partial charge is 0.200 e. The Morgan fingerprint density at radius 2 is 2.19 bits per heavy atom. The highest BCUT2D eigenvalue weighted by Gasteiger charge is 2.12. The van der Waals surface area contributed by atoms with Gasteiger partial charge in [-0.05, 0) is 18.2 Å². The lowest BCUT2D eigenvalue weighted by Crippen LogP contribution is -2.32. The molecule has 0 aromatic carbocycles. The van der Waals surface area contributed by atoms with E-state index in [-0.39, 0.29) is 12.2 Å². The van der Waals surface area contributed by atoms with Crippen LogP contribution in [0.5, 0.6) is 0 Å². The third-order valence-corrected chi connectivity index (χ3v) is 2.23. The van der Waals surface area contributed by atoms with E-state index in [1.54, 1.807) is 36.5 Å². The summed E-state index contributed by atoms with van der Waals surface area (Å²) in [6.07, 6.45) is 4.58. The fraction of sp³-hybridized carbons (Fsp3) is 0.0833. The third-order valence-electron chi connectivity index (χ3n) is 2.23. The molecule has 0 saturated heterocycles. The molecule has 0 radical (unpaired) electrons. The molecule has 0 bridgehead atoms. The van der Waals surface area contributed by atoms with Gasteiger partial charge in [0, 0.05) is 30.1 Å². The average molecular weight is 214 g/mol. The Morgan fingerprint density at radius 3 is 2.88 bits per heavy atom. The number of rotatable bonds is 3. The molecule has 16 heavy (non-hydrogen) atoms. The maximum absolute atomic E-state index is 11.8. The highest BCUT2D eigenvalue weighted by Crippen LogP contribution is 2.02. The lowest BCUT2D eigenvalue weighted by atomic mass is 10.1. The van der Waals surface area contributed by atoms with Crippen LogP contribution in [-0.2, 0) is 6.42 Å². The van der Waals surface area contributed by atoms with Crippen molar-refractivity contribution in [2.75, 3.05) is 0 Å². The number of carbonyl (C=O) groups is 1. The van der Waals surface area contributed by atoms with Gasteiger partial charge in [0.1, 0.15) is 0 Å². The second kappa shape index (κ2) is 4.53. The first-order valence-electron chi connectivity index (χ1n) is 4.87. The Kier molecular flexibility index (Phi) is 2.91. The number of aromatic nitrogens is 2. The van der Waals surface area contributed by atoms with Crippen LogP contribution < -0.4 is 4.73 Å². The van der Waals surface area contributed by atoms with Gasteiger partial charge >= 0.3 is 0 Å². The van der Waals surface area contributed by atoms with Gasteiger partial charge in [-0.25, -0.2) is 0 Å². The average Bonchev–Trinajstić information content (AvgIpc) is 2.33. The molecule has 0 unspecified atom stereocenters. The maximum atomic E-state index is 11.8. The first kappa shape index (κ1) is 10.3. The van der Waals surface area contributed by atoms with Crippen molar-refractivity contribution < 1.29 is 9.52 Å². The molecule has 0 fully saturated rings. The van der Waals surface area contributed by atoms with Gasteiger partial charge in [-0.2, -0.15) is 4.73 Å². The lowest BCUT2D eigenvalue weighted by molar-refractivity contribution is -0.613. The summed E-state index contributed by atoms with van der Waals surface area (Å²) in [5.41, 5.74) is 0.961. The number of pyridine rings is 2. The molecule has 0 aliphatic carbocycles. The van der Waals surface area contributed by atoms with Gasteiger partial charge in [-0.15, -0.1) is 0 Å². The molecule has 0 spiro atoms. The minimum absolute atomic E-state index is 0.0933. The van der Waals surface area contributed by atoms with Crippen molar-refractivity contribution in [1.82, 2.24) is 4.98 Å². The summed E-state index contributed by atoms with van der Waals surface area (Å²) in [4.78, 5) is 15.6. The number of hydrogen-bond acceptors (Lipinski definition) is 3. The highest BCUT2D eigenvalue weighted by molar-refractivity contribution is 5.96. The van der Waals surface area contributed by atoms with Gasteiger partial charge in [-0.1, -0.05) is 0 Å². The van der Waals surface area contributed by atoms with Crippen molar-refractivity contribution in [3.8, 4) is 0 Å². The molecule has 4 heteroatoms. The summed E-state index contributed by atoms with van der Waals surface area (Å²) in [6.45, 7) is 0. The molecule has 0 amide bonds. The first-order chi connectivity index (χ1) is 7.77. The second-order valence-corrected chi connectivity index (χ2v) is 3.36. The minimum atomic E-state index is -0.107. The Balaban J connectivity index is 2.18. The van der Waals surface area contributed by atoms with Crippen LogP contribution >= 0.6 is 0 Å². The molecule has 2 heterocycles. The summed E-state index contributed by atoms with van der Waals surface area (Å²) in [6, 6.07) is 8.39. The quantitative estimate of drug-likeness (QED) is 0.437. The first-order valence-corrected chi connectivity index (χ1v) is 4.87. The van der Waals surface area contributed by atoms with E-state index in [4.69, 9.17) is 0 Å². The Bertz CT molecular complexity index is 497. The molecular weight excluding hydrogens is 204 g/mol. The minimum Gasteiger partial charge on any atom is -0.618 e. The molecule has 2 aromatic heterocycles. The third kappa shape index (κ3) is 2.23. The predicted octanol–water partition coefficient (Wildman–Crippen LogP) is 1.14. The summed E-state index contributed by atoms with van der Waals surface area (Å²) in [7, 11) is 0. The molecule has 0 aliphatic rings. The lowest BCUT2D eigenvalue weighted by Gasteiger charge is -2.02. The van der Waals surface area contributed by atoms with E-state index in [2.05, 4.69) is 4.98 Å². The monoisotopic (exact) mass is 214 g/mol. The van der Waals surface area contributed by atoms with E-state index >= 15 is 0 Å². The van der Waals surface area contributed by atoms with Gasteiger partial charge in [0.2, 0.25) is 5.69 Å². The SMILES string of the molecule is O=C(Cc1cccc[n+]1[O-])c1cccnc1. The fourth-order valence-electron chi connectivity index (χ4n) is 1.39. The number of hydrogen-bond donors (Lipinski definition) is 0. The largest absolute Gasteiger partial charge is 0.618 e. The number of nitrogens with zero attached hydrogens (tertiary/aromatic N) is 2. The van der Waals surface area contributed by atoms with Crippen LogP contribution in [0, 0.1) is 5.21 Å². The normalized spacial score (nSPS) is 10.0. The van der Waals surface area contributed by atoms with Crippen LogP contribution in [0.4, 0.5) is 0 Å². The van der Waals surface area contributed by atoms with Gasteiger partial charge in [0.15, 0.2) is 12.0 Å². The van der Waals surface area contributed by atoms with E-state index in [1.807, 2.05) is 0 Å². The zero-order valence-corrected chi connectivity index (χ0v) is 8.54. The summed E-state index contributed by atoms with van der Waals surface area (Å²) in [5.74, 6) is -0.107. The zero-order chi connectivity index (χ0) is 11.4. The van der Waals surface area contributed by atoms with Crippen molar-refractivity contribution in [3.05, 3.63) is 65.4 Å². The van der Waals surface area contributed by atoms with Crippen LogP contribution in [0.2, 0.25) is 0 Å². The molecule has 0 aliphatic heterocycles. The van der Waals surface area contributed by atoms with Gasteiger partial charge in [0.25, 0.3) is 0 Å². The van der Waals surface area contributed by atoms with E-state index < -0.39 is 0 Å². The highest BCUT2D eigenvalue weighted by atomic mass is 16.5. The van der Waals surface area contributed by atoms with Crippen LogP contribution in [0.25, 0.3) is 0 Å². The molecule has 2 aromatic rings. The summed E-state index contributed by atoms with van der Waals surface area (Å²) >= 11 is 0. The number of ketones is 1. The van der Waals surface area contributed by atoms with E-state index in [0.29, 0.717) is 16.0 Å². The molecule has 0 saturated carbocycles. The fourth-order valence-corrected chi connectivity index (χ4v) is 1.39. The molecule has 0 N–H and O–H groups in total. The van der Waals surface area contributed by atoms with Crippen LogP contribution in [0.1, 0.15) is 16.1 Å². The summed E-state index contributed by atoms with van der Waals surface area (Å²) < 4.78 is 0.703. The van der Waals surface area contributed by atoms with Crippen molar-refractivity contribution in [2.24, 2.45) is 0 Å². The standard InChI is InChI=1S/C12H10N2O2/c15-12(10-4-3-6-13-9-10)8-11-5-1-2-7-14(11)16/h1-7,9H,8H2. The summed E-state index contributed by atoms with van der Waals surface area (Å²) in [5, 5.41) is 11.3. The Labute approximate surface area is 92.8 Å². The topological polar surface area (TPSA) is 56.9 Å². The second-order valence-electron chi connectivity index (χ2n) is 3.36. The molecule has 0 atom stereocenters. The van der Waals surface area contributed by atoms with E-state index in [1.165, 1.54) is 12.4 Å². The molecule has 2 rings (SSSR count). The molecule has 4 nitrogen and oxygen atoms in total. The van der Waals surface area contributed by atoms with Crippen LogP contribution in [0.3, 0.4) is 0 Å². The number of Topliss-reactive ketones (excluding diaryl/α,β-unsaturated/α-hetero) is 1. The maximum Gasteiger partial charge on any atom is 0.200 e. The van der Waals surface area contributed by atoms with Crippen molar-refractivity contribution in [1.29, 1.82) is 0 Å². The Morgan fingerprint density at radius 1 is 1.31 bits per heavy atom. The van der Waals surface area contributed by atoms with Crippen LogP contribution in [-0.4, -0.2) is 10.8 Å². The zero-order valence-electron chi connectivity index (χ0n) is 8.54. The van der Waals surface area contributed by atoms with E-state index in [0.717, 1.165) is 0 Å². The predicted molar refractivity (Wildman–Crippen MR) is 57.7 cm³/mol. The van der Waals surface area contributed by atoms with E-state index in [9.17, 15) is 10.0 Å². The van der Waals surface area contributed by atoms with Crippen molar-refractivity contribution >= 4 is 5.78 Å². The van der Waals surface area contributed by atoms with Gasteiger partial charge in [-0.3, -0.25) is 9.78 Å². The van der Waals surface area contributed by atoms with Crippen molar-refractivity contribution in [2.45, 2.75) is 6.42 Å². The Hall–Kier alpha value is -2.23. The molecular formula is C12H10N2O2. The van der Waals surface area contributed by atoms with Gasteiger partial charge < -0.3 is 5.21 Å². The molecule has 80 valence electrons. The number of carbonyl (C=O) groups excluding carboxylic acids is 1. The van der Waals surface area contributed by atoms with Crippen molar-refractivity contribution in [3.63, 3.8) is 0 Å². The van der Waals surface area contributed by atoms with Gasteiger partial charge in [0.05, 0.1) is 6.42 Å².